The highest BCUT2D eigenvalue weighted by Crippen LogP contribution is 2.31. The van der Waals surface area contributed by atoms with Crippen LogP contribution in [0.25, 0.3) is 0 Å². The summed E-state index contributed by atoms with van der Waals surface area (Å²) in [6.45, 7) is 5.99. The van der Waals surface area contributed by atoms with Gasteiger partial charge in [-0.1, -0.05) is 6.07 Å². The largest absolute Gasteiger partial charge is 0.508 e. The minimum Gasteiger partial charge on any atom is -0.508 e. The van der Waals surface area contributed by atoms with Gasteiger partial charge >= 0.3 is 0 Å². The van der Waals surface area contributed by atoms with Crippen LogP contribution in [-0.4, -0.2) is 41.7 Å². The quantitative estimate of drug-likeness (QED) is 0.302. The maximum absolute atomic E-state index is 10.4. The number of hydrogen-bond donors (Lipinski definition) is 2. The summed E-state index contributed by atoms with van der Waals surface area (Å²) in [5.41, 5.74) is 4.62. The first-order valence-electron chi connectivity index (χ1n) is 10.3. The highest BCUT2D eigenvalue weighted by molar-refractivity contribution is 14.0. The van der Waals surface area contributed by atoms with Crippen molar-refractivity contribution < 1.29 is 9.84 Å². The summed E-state index contributed by atoms with van der Waals surface area (Å²) in [7, 11) is 3.71. The summed E-state index contributed by atoms with van der Waals surface area (Å²) in [5, 5.41) is 16.9. The molecule has 2 N–H and O–H groups in total. The molecule has 1 aromatic heterocycles. The van der Waals surface area contributed by atoms with Crippen molar-refractivity contribution in [3.63, 3.8) is 0 Å². The third kappa shape index (κ3) is 6.07. The number of hydrogen-bond acceptors (Lipinski definition) is 5. The van der Waals surface area contributed by atoms with Crippen molar-refractivity contribution in [1.82, 2.24) is 15.2 Å². The number of benzene rings is 1. The van der Waals surface area contributed by atoms with Gasteiger partial charge in [0.1, 0.15) is 16.9 Å². The molecule has 0 saturated carbocycles. The number of methoxy groups -OCH3 is 1. The topological polar surface area (TPSA) is 70.0 Å². The van der Waals surface area contributed by atoms with Gasteiger partial charge in [0.05, 0.1) is 18.8 Å². The summed E-state index contributed by atoms with van der Waals surface area (Å²) in [6, 6.07) is 3.88. The maximum atomic E-state index is 10.4. The monoisotopic (exact) mass is 544 g/mol. The summed E-state index contributed by atoms with van der Waals surface area (Å²) in [5.74, 6) is 1.17. The molecule has 0 radical (unpaired) electrons. The average Bonchev–Trinajstić information content (AvgIpc) is 3.20. The molecule has 8 heteroatoms. The van der Waals surface area contributed by atoms with Crippen LogP contribution < -0.4 is 5.32 Å². The zero-order valence-corrected chi connectivity index (χ0v) is 21.4. The highest BCUT2D eigenvalue weighted by Gasteiger charge is 2.17. The molecule has 2 aromatic rings. The van der Waals surface area contributed by atoms with Gasteiger partial charge in [0.25, 0.3) is 0 Å². The normalized spacial score (nSPS) is 14.6. The number of guanidine groups is 1. The molecule has 1 aliphatic carbocycles. The molecule has 1 unspecified atom stereocenters. The SMILES string of the molecule is CCNC(=NCc1c(O)ccc2c1CCCC2)N(C)Cc1csc(C(C)OC)n1.I. The third-order valence-electron chi connectivity index (χ3n) is 5.38. The molecule has 6 nitrogen and oxygen atoms in total. The molecule has 1 aliphatic rings. The van der Waals surface area contributed by atoms with Crippen LogP contribution in [0.2, 0.25) is 0 Å². The van der Waals surface area contributed by atoms with Gasteiger partial charge in [0.15, 0.2) is 5.96 Å². The molecule has 166 valence electrons. The van der Waals surface area contributed by atoms with Crippen molar-refractivity contribution >= 4 is 41.3 Å². The second kappa shape index (κ2) is 11.9. The van der Waals surface area contributed by atoms with Crippen molar-refractivity contribution in [2.75, 3.05) is 20.7 Å². The predicted octanol–water partition coefficient (Wildman–Crippen LogP) is 4.65. The lowest BCUT2D eigenvalue weighted by Crippen LogP contribution is -2.38. The van der Waals surface area contributed by atoms with E-state index in [4.69, 9.17) is 9.73 Å². The van der Waals surface area contributed by atoms with Gasteiger partial charge in [-0.05, 0) is 56.7 Å². The first kappa shape index (κ1) is 24.9. The fourth-order valence-electron chi connectivity index (χ4n) is 3.69. The number of phenols is 1. The zero-order chi connectivity index (χ0) is 20.8. The second-order valence-corrected chi connectivity index (χ2v) is 8.38. The molecular formula is C22H33IN4O2S. The van der Waals surface area contributed by atoms with Gasteiger partial charge in [-0.3, -0.25) is 0 Å². The van der Waals surface area contributed by atoms with E-state index < -0.39 is 0 Å². The number of nitrogens with one attached hydrogen (secondary N) is 1. The summed E-state index contributed by atoms with van der Waals surface area (Å²) < 4.78 is 5.36. The third-order valence-corrected chi connectivity index (χ3v) is 6.43. The van der Waals surface area contributed by atoms with Crippen LogP contribution in [0.3, 0.4) is 0 Å². The van der Waals surface area contributed by atoms with Crippen LogP contribution in [0.5, 0.6) is 5.75 Å². The van der Waals surface area contributed by atoms with Crippen molar-refractivity contribution in [3.8, 4) is 5.75 Å². The highest BCUT2D eigenvalue weighted by atomic mass is 127. The number of aliphatic imine (C=N–C) groups is 1. The van der Waals surface area contributed by atoms with E-state index >= 15 is 0 Å². The van der Waals surface area contributed by atoms with Gasteiger partial charge in [-0.25, -0.2) is 9.98 Å². The lowest BCUT2D eigenvalue weighted by Gasteiger charge is -2.23. The Bertz CT molecular complexity index is 856. The smallest absolute Gasteiger partial charge is 0.194 e. The Hall–Kier alpha value is -1.39. The molecule has 1 atom stereocenters. The molecule has 1 heterocycles. The molecule has 0 spiro atoms. The van der Waals surface area contributed by atoms with Gasteiger partial charge in [0.2, 0.25) is 0 Å². The summed E-state index contributed by atoms with van der Waals surface area (Å²) in [6.07, 6.45) is 4.54. The number of aromatic nitrogens is 1. The van der Waals surface area contributed by atoms with E-state index in [-0.39, 0.29) is 30.1 Å². The molecule has 0 saturated heterocycles. The standard InChI is InChI=1S/C22H32N4O2S.HI/c1-5-23-22(26(3)13-17-14-29-21(25-17)15(2)28-4)24-12-19-18-9-7-6-8-16(18)10-11-20(19)27;/h10-11,14-15,27H,5-9,12-13H2,1-4H3,(H,23,24);1H. The van der Waals surface area contributed by atoms with Crippen molar-refractivity contribution in [2.45, 2.75) is 58.7 Å². The second-order valence-electron chi connectivity index (χ2n) is 7.49. The van der Waals surface area contributed by atoms with E-state index in [1.165, 1.54) is 24.0 Å². The Balaban J connectivity index is 0.00000320. The number of fused-ring (bicyclic) bond motifs is 1. The average molecular weight is 545 g/mol. The molecule has 1 aromatic carbocycles. The minimum absolute atomic E-state index is 0. The Morgan fingerprint density at radius 2 is 2.13 bits per heavy atom. The van der Waals surface area contributed by atoms with E-state index in [0.29, 0.717) is 18.8 Å². The Labute approximate surface area is 200 Å². The first-order chi connectivity index (χ1) is 14.0. The lowest BCUT2D eigenvalue weighted by atomic mass is 9.88. The Kier molecular flexibility index (Phi) is 9.83. The maximum Gasteiger partial charge on any atom is 0.194 e. The minimum atomic E-state index is 0. The van der Waals surface area contributed by atoms with Crippen LogP contribution in [0, 0.1) is 0 Å². The predicted molar refractivity (Wildman–Crippen MR) is 134 cm³/mol. The van der Waals surface area contributed by atoms with Gasteiger partial charge < -0.3 is 20.1 Å². The van der Waals surface area contributed by atoms with Gasteiger partial charge in [0, 0.05) is 31.6 Å². The molecule has 0 aliphatic heterocycles. The molecule has 30 heavy (non-hydrogen) atoms. The van der Waals surface area contributed by atoms with Crippen molar-refractivity contribution in [2.24, 2.45) is 4.99 Å². The van der Waals surface area contributed by atoms with Crippen molar-refractivity contribution in [3.05, 3.63) is 44.9 Å². The van der Waals surface area contributed by atoms with E-state index in [1.54, 1.807) is 18.4 Å². The van der Waals surface area contributed by atoms with Crippen LogP contribution >= 0.6 is 35.3 Å². The zero-order valence-electron chi connectivity index (χ0n) is 18.3. The van der Waals surface area contributed by atoms with E-state index in [2.05, 4.69) is 33.6 Å². The van der Waals surface area contributed by atoms with E-state index in [9.17, 15) is 5.11 Å². The van der Waals surface area contributed by atoms with Gasteiger partial charge in [-0.15, -0.1) is 35.3 Å². The molecule has 0 fully saturated rings. The van der Waals surface area contributed by atoms with Crippen LogP contribution in [-0.2, 0) is 30.7 Å². The fraction of sp³-hybridized carbons (Fsp3) is 0.545. The number of rotatable bonds is 7. The number of ether oxygens (including phenoxy) is 1. The Morgan fingerprint density at radius 1 is 1.37 bits per heavy atom. The number of aryl methyl sites for hydroxylation is 1. The van der Waals surface area contributed by atoms with Crippen molar-refractivity contribution in [1.29, 1.82) is 0 Å². The molecule has 0 bridgehead atoms. The summed E-state index contributed by atoms with van der Waals surface area (Å²) >= 11 is 1.62. The van der Waals surface area contributed by atoms with E-state index in [0.717, 1.165) is 41.6 Å². The summed E-state index contributed by atoms with van der Waals surface area (Å²) in [4.78, 5) is 11.6. The number of halogens is 1. The Morgan fingerprint density at radius 3 is 2.87 bits per heavy atom. The number of thiazole rings is 1. The van der Waals surface area contributed by atoms with Crippen LogP contribution in [0.4, 0.5) is 0 Å². The van der Waals surface area contributed by atoms with E-state index in [1.807, 2.05) is 20.0 Å². The molecular weight excluding hydrogens is 511 g/mol. The molecule has 3 rings (SSSR count). The first-order valence-corrected chi connectivity index (χ1v) is 11.2. The van der Waals surface area contributed by atoms with Crippen LogP contribution in [0.15, 0.2) is 22.5 Å². The fourth-order valence-corrected chi connectivity index (χ4v) is 4.53. The van der Waals surface area contributed by atoms with Crippen LogP contribution in [0.1, 0.15) is 60.2 Å². The number of aromatic hydroxyl groups is 1. The number of nitrogens with zero attached hydrogens (tertiary/aromatic N) is 3. The lowest BCUT2D eigenvalue weighted by molar-refractivity contribution is 0.119. The number of phenolic OH excluding ortho intramolecular Hbond substituents is 1. The molecule has 0 amide bonds. The van der Waals surface area contributed by atoms with Gasteiger partial charge in [-0.2, -0.15) is 0 Å².